The van der Waals surface area contributed by atoms with Crippen LogP contribution in [0.15, 0.2) is 65.1 Å². The molecule has 0 radical (unpaired) electrons. The molecule has 0 spiro atoms. The summed E-state index contributed by atoms with van der Waals surface area (Å²) in [5, 5.41) is 0. The van der Waals surface area contributed by atoms with Gasteiger partial charge in [0, 0.05) is 26.7 Å². The first-order chi connectivity index (χ1) is 11.6. The summed E-state index contributed by atoms with van der Waals surface area (Å²) in [5.41, 5.74) is 11.2. The normalized spacial score (nSPS) is 12.7. The summed E-state index contributed by atoms with van der Waals surface area (Å²) in [7, 11) is 0. The van der Waals surface area contributed by atoms with Gasteiger partial charge in [0.25, 0.3) is 0 Å². The number of hydrogen-bond donors (Lipinski definition) is 1. The van der Waals surface area contributed by atoms with Gasteiger partial charge in [0.2, 0.25) is 0 Å². The topological polar surface area (TPSA) is 43.1 Å². The van der Waals surface area contributed by atoms with Crippen molar-refractivity contribution in [1.82, 2.24) is 0 Å². The van der Waals surface area contributed by atoms with E-state index in [4.69, 9.17) is 18.0 Å². The molecule has 2 nitrogen and oxygen atoms in total. The Balaban J connectivity index is 2.10. The van der Waals surface area contributed by atoms with Gasteiger partial charge in [-0.05, 0) is 33.1 Å². The Labute approximate surface area is 153 Å². The third-order valence-corrected chi connectivity index (χ3v) is 5.35. The molecular weight excluding hydrogens is 382 g/mol. The van der Waals surface area contributed by atoms with Gasteiger partial charge in [-0.15, -0.1) is 0 Å². The van der Waals surface area contributed by atoms with E-state index in [9.17, 15) is 4.79 Å². The smallest absolute Gasteiger partial charge is 0.195 e. The van der Waals surface area contributed by atoms with Gasteiger partial charge in [0.05, 0.1) is 10.6 Å². The summed E-state index contributed by atoms with van der Waals surface area (Å²) < 4.78 is 0.745. The van der Waals surface area contributed by atoms with Crippen LogP contribution in [0.1, 0.15) is 27.0 Å². The lowest BCUT2D eigenvalue weighted by Crippen LogP contribution is -2.23. The predicted molar refractivity (Wildman–Crippen MR) is 105 cm³/mol. The van der Waals surface area contributed by atoms with Crippen LogP contribution in [0.5, 0.6) is 0 Å². The van der Waals surface area contributed by atoms with Crippen LogP contribution in [0.4, 0.5) is 5.69 Å². The number of nitrogens with two attached hydrogens (primary N) is 1. The minimum atomic E-state index is -0.0350. The number of hydrogen-bond acceptors (Lipinski definition) is 3. The molecule has 0 unspecified atom stereocenters. The van der Waals surface area contributed by atoms with Gasteiger partial charge in [-0.3, -0.25) is 4.79 Å². The molecule has 0 amide bonds. The number of nitrogen functional groups attached to an aromatic ring is 1. The fourth-order valence-corrected chi connectivity index (χ4v) is 3.95. The molecule has 0 saturated heterocycles. The van der Waals surface area contributed by atoms with E-state index in [-0.39, 0.29) is 5.78 Å². The molecule has 3 aromatic carbocycles. The van der Waals surface area contributed by atoms with E-state index in [2.05, 4.69) is 15.9 Å². The Kier molecular flexibility index (Phi) is 3.59. The van der Waals surface area contributed by atoms with Crippen molar-refractivity contribution in [2.24, 2.45) is 0 Å². The number of fused-ring (bicyclic) bond motifs is 2. The van der Waals surface area contributed by atoms with Gasteiger partial charge in [-0.2, -0.15) is 0 Å². The van der Waals surface area contributed by atoms with Crippen LogP contribution in [0.2, 0.25) is 0 Å². The van der Waals surface area contributed by atoms with Crippen LogP contribution in [0, 0.1) is 0 Å². The highest BCUT2D eigenvalue weighted by Gasteiger charge is 2.32. The molecule has 0 atom stereocenters. The van der Waals surface area contributed by atoms with Crippen molar-refractivity contribution in [2.75, 3.05) is 5.73 Å². The first-order valence-electron chi connectivity index (χ1n) is 7.45. The number of carbonyl (C=O) groups excluding carboxylic acids is 1. The third-order valence-electron chi connectivity index (χ3n) is 4.27. The van der Waals surface area contributed by atoms with Crippen LogP contribution in [0.3, 0.4) is 0 Å². The van der Waals surface area contributed by atoms with Gasteiger partial charge < -0.3 is 5.73 Å². The highest BCUT2D eigenvalue weighted by atomic mass is 79.9. The molecule has 4 heteroatoms. The van der Waals surface area contributed by atoms with E-state index in [1.165, 1.54) is 0 Å². The molecule has 4 rings (SSSR count). The number of ketones is 1. The number of anilines is 1. The number of halogens is 1. The molecule has 2 N–H and O–H groups in total. The van der Waals surface area contributed by atoms with Gasteiger partial charge in [-0.1, -0.05) is 66.8 Å². The molecule has 116 valence electrons. The Morgan fingerprint density at radius 1 is 0.833 bits per heavy atom. The first-order valence-corrected chi connectivity index (χ1v) is 8.65. The molecule has 3 aromatic rings. The Morgan fingerprint density at radius 2 is 1.46 bits per heavy atom. The molecule has 1 aliphatic carbocycles. The average molecular weight is 394 g/mol. The zero-order valence-electron chi connectivity index (χ0n) is 12.5. The molecule has 0 aromatic heterocycles. The van der Waals surface area contributed by atoms with Gasteiger partial charge in [0.1, 0.15) is 0 Å². The van der Waals surface area contributed by atoms with E-state index < -0.39 is 0 Å². The van der Waals surface area contributed by atoms with Crippen LogP contribution in [0.25, 0.3) is 11.1 Å². The maximum atomic E-state index is 13.2. The highest BCUT2D eigenvalue weighted by Crippen LogP contribution is 2.41. The van der Waals surface area contributed by atoms with Gasteiger partial charge in [0.15, 0.2) is 5.78 Å². The number of thiocarbonyl (C=S) groups is 1. The summed E-state index contributed by atoms with van der Waals surface area (Å²) in [6.45, 7) is 0. The van der Waals surface area contributed by atoms with Crippen molar-refractivity contribution in [3.63, 3.8) is 0 Å². The number of benzene rings is 3. The van der Waals surface area contributed by atoms with Crippen LogP contribution in [-0.2, 0) is 0 Å². The van der Waals surface area contributed by atoms with Crippen LogP contribution in [-0.4, -0.2) is 10.6 Å². The number of carbonyl (C=O) groups is 1. The molecule has 0 aliphatic heterocycles. The molecule has 0 bridgehead atoms. The van der Waals surface area contributed by atoms with Crippen LogP contribution < -0.4 is 5.73 Å². The van der Waals surface area contributed by atoms with E-state index in [0.29, 0.717) is 27.2 Å². The van der Waals surface area contributed by atoms with Crippen molar-refractivity contribution >= 4 is 44.5 Å². The maximum absolute atomic E-state index is 13.2. The Hall–Kier alpha value is -2.30. The predicted octanol–water partition coefficient (Wildman–Crippen LogP) is 5.01. The lowest BCUT2D eigenvalue weighted by Gasteiger charge is -2.24. The SMILES string of the molecule is Nc1c(Br)cc(-c2ccccc2)c2c1C(=S)c1ccccc1C2=O. The van der Waals surface area contributed by atoms with Gasteiger partial charge in [-0.25, -0.2) is 0 Å². The molecule has 1 aliphatic rings. The zero-order valence-corrected chi connectivity index (χ0v) is 14.9. The van der Waals surface area contributed by atoms with E-state index in [1.807, 2.05) is 60.7 Å². The van der Waals surface area contributed by atoms with E-state index in [0.717, 1.165) is 21.2 Å². The lowest BCUT2D eigenvalue weighted by molar-refractivity contribution is 0.103. The van der Waals surface area contributed by atoms with Crippen molar-refractivity contribution < 1.29 is 4.79 Å². The summed E-state index contributed by atoms with van der Waals surface area (Å²) in [6.07, 6.45) is 0. The Morgan fingerprint density at radius 3 is 2.17 bits per heavy atom. The summed E-state index contributed by atoms with van der Waals surface area (Å²) >= 11 is 9.19. The zero-order chi connectivity index (χ0) is 16.8. The summed E-state index contributed by atoms with van der Waals surface area (Å²) in [4.78, 5) is 13.8. The van der Waals surface area contributed by atoms with Crippen molar-refractivity contribution in [2.45, 2.75) is 0 Å². The fourth-order valence-electron chi connectivity index (χ4n) is 3.13. The fraction of sp³-hybridized carbons (Fsp3) is 0. The quantitative estimate of drug-likeness (QED) is 0.365. The Bertz CT molecular complexity index is 1010. The van der Waals surface area contributed by atoms with Crippen LogP contribution >= 0.6 is 28.1 Å². The largest absolute Gasteiger partial charge is 0.397 e. The number of rotatable bonds is 1. The maximum Gasteiger partial charge on any atom is 0.195 e. The van der Waals surface area contributed by atoms with Crippen molar-refractivity contribution in [1.29, 1.82) is 0 Å². The van der Waals surface area contributed by atoms with E-state index in [1.54, 1.807) is 0 Å². The van der Waals surface area contributed by atoms with Gasteiger partial charge >= 0.3 is 0 Å². The second-order valence-corrected chi connectivity index (χ2v) is 6.90. The summed E-state index contributed by atoms with van der Waals surface area (Å²) in [5.74, 6) is -0.0350. The lowest BCUT2D eigenvalue weighted by atomic mass is 9.80. The molecule has 0 heterocycles. The minimum Gasteiger partial charge on any atom is -0.397 e. The second-order valence-electron chi connectivity index (χ2n) is 5.64. The highest BCUT2D eigenvalue weighted by molar-refractivity contribution is 9.10. The standard InChI is InChI=1S/C20H12BrNOS/c21-15-10-14(11-6-2-1-3-7-11)16-17(18(15)22)20(24)13-9-5-4-8-12(13)19(16)23/h1-10H,22H2. The minimum absolute atomic E-state index is 0.0350. The van der Waals surface area contributed by atoms with E-state index >= 15 is 0 Å². The third kappa shape index (κ3) is 2.14. The second kappa shape index (κ2) is 5.65. The van der Waals surface area contributed by atoms with Crippen molar-refractivity contribution in [3.8, 4) is 11.1 Å². The van der Waals surface area contributed by atoms with Crippen molar-refractivity contribution in [3.05, 3.63) is 87.4 Å². The molecular formula is C20H12BrNOS. The first kappa shape index (κ1) is 15.2. The molecule has 0 saturated carbocycles. The monoisotopic (exact) mass is 393 g/mol. The molecule has 24 heavy (non-hydrogen) atoms. The average Bonchev–Trinajstić information content (AvgIpc) is 2.62. The summed E-state index contributed by atoms with van der Waals surface area (Å²) in [6, 6.07) is 19.1. The molecule has 0 fully saturated rings.